The third kappa shape index (κ3) is 2.70. The Balaban J connectivity index is 2.38. The highest BCUT2D eigenvalue weighted by atomic mass is 19.1. The molecule has 0 aliphatic heterocycles. The molecule has 2 N–H and O–H groups in total. The number of hydrogen-bond acceptors (Lipinski definition) is 3. The zero-order valence-corrected chi connectivity index (χ0v) is 10.5. The lowest BCUT2D eigenvalue weighted by Gasteiger charge is -2.21. The van der Waals surface area contributed by atoms with Crippen molar-refractivity contribution >= 4 is 17.3 Å². The van der Waals surface area contributed by atoms with Gasteiger partial charge in [-0.25, -0.2) is 4.39 Å². The van der Waals surface area contributed by atoms with E-state index in [1.54, 1.807) is 18.2 Å². The number of pyridine rings is 1. The molecule has 1 amide bonds. The van der Waals surface area contributed by atoms with Crippen molar-refractivity contribution in [1.82, 2.24) is 4.98 Å². The Morgan fingerprint density at radius 3 is 2.84 bits per heavy atom. The van der Waals surface area contributed by atoms with E-state index >= 15 is 0 Å². The summed E-state index contributed by atoms with van der Waals surface area (Å²) in [5.74, 6) is -0.653. The summed E-state index contributed by atoms with van der Waals surface area (Å²) in [7, 11) is 0. The Kier molecular flexibility index (Phi) is 3.75. The maximum atomic E-state index is 13.2. The van der Waals surface area contributed by atoms with Crippen LogP contribution in [0.5, 0.6) is 0 Å². The number of hydrogen-bond donors (Lipinski definition) is 1. The first kappa shape index (κ1) is 13.0. The smallest absolute Gasteiger partial charge is 0.260 e. The van der Waals surface area contributed by atoms with Crippen LogP contribution in [0.1, 0.15) is 17.3 Å². The highest BCUT2D eigenvalue weighted by Crippen LogP contribution is 2.20. The largest absolute Gasteiger partial charge is 0.397 e. The highest BCUT2D eigenvalue weighted by Gasteiger charge is 2.18. The first-order valence-electron chi connectivity index (χ1n) is 5.90. The molecular weight excluding hydrogens is 245 g/mol. The molecule has 0 saturated carbocycles. The van der Waals surface area contributed by atoms with Gasteiger partial charge in [0.2, 0.25) is 0 Å². The fourth-order valence-electron chi connectivity index (χ4n) is 1.83. The maximum absolute atomic E-state index is 13.2. The molecule has 98 valence electrons. The lowest BCUT2D eigenvalue weighted by atomic mass is 10.2. The zero-order chi connectivity index (χ0) is 13.8. The Labute approximate surface area is 110 Å². The molecule has 5 heteroatoms. The van der Waals surface area contributed by atoms with Gasteiger partial charge in [0.1, 0.15) is 5.82 Å². The van der Waals surface area contributed by atoms with Gasteiger partial charge in [-0.3, -0.25) is 9.78 Å². The number of nitrogens with two attached hydrogens (primary N) is 1. The van der Waals surface area contributed by atoms with Crippen molar-refractivity contribution in [1.29, 1.82) is 0 Å². The van der Waals surface area contributed by atoms with Crippen LogP contribution in [0.25, 0.3) is 0 Å². The molecule has 0 atom stereocenters. The Hall–Kier alpha value is -2.43. The highest BCUT2D eigenvalue weighted by molar-refractivity contribution is 6.09. The Bertz CT molecular complexity index is 601. The number of amides is 1. The third-order valence-corrected chi connectivity index (χ3v) is 2.76. The summed E-state index contributed by atoms with van der Waals surface area (Å²) in [5, 5.41) is 0. The van der Waals surface area contributed by atoms with Crippen LogP contribution >= 0.6 is 0 Å². The Morgan fingerprint density at radius 2 is 2.21 bits per heavy atom. The number of aromatic nitrogens is 1. The molecule has 0 spiro atoms. The van der Waals surface area contributed by atoms with Crippen LogP contribution in [0.3, 0.4) is 0 Å². The number of benzene rings is 1. The van der Waals surface area contributed by atoms with Crippen molar-refractivity contribution in [2.45, 2.75) is 6.92 Å². The second kappa shape index (κ2) is 5.48. The van der Waals surface area contributed by atoms with E-state index in [0.29, 0.717) is 23.5 Å². The molecule has 19 heavy (non-hydrogen) atoms. The average molecular weight is 259 g/mol. The minimum Gasteiger partial charge on any atom is -0.397 e. The van der Waals surface area contributed by atoms with Gasteiger partial charge in [-0.2, -0.15) is 0 Å². The molecule has 0 unspecified atom stereocenters. The molecule has 1 aromatic heterocycles. The normalized spacial score (nSPS) is 10.2. The summed E-state index contributed by atoms with van der Waals surface area (Å²) in [6.07, 6.45) is 2.93. The van der Waals surface area contributed by atoms with E-state index in [-0.39, 0.29) is 11.7 Å². The van der Waals surface area contributed by atoms with Crippen molar-refractivity contribution in [3.63, 3.8) is 0 Å². The molecule has 4 nitrogen and oxygen atoms in total. The van der Waals surface area contributed by atoms with Crippen LogP contribution in [0.4, 0.5) is 15.8 Å². The summed E-state index contributed by atoms with van der Waals surface area (Å²) >= 11 is 0. The van der Waals surface area contributed by atoms with Crippen molar-refractivity contribution in [3.05, 3.63) is 54.1 Å². The Morgan fingerprint density at radius 1 is 1.42 bits per heavy atom. The van der Waals surface area contributed by atoms with E-state index in [4.69, 9.17) is 5.73 Å². The fourth-order valence-corrected chi connectivity index (χ4v) is 1.83. The maximum Gasteiger partial charge on any atom is 0.260 e. The second-order valence-electron chi connectivity index (χ2n) is 3.99. The first-order chi connectivity index (χ1) is 9.13. The van der Waals surface area contributed by atoms with Crippen LogP contribution in [0.15, 0.2) is 42.7 Å². The van der Waals surface area contributed by atoms with E-state index in [2.05, 4.69) is 4.98 Å². The lowest BCUT2D eigenvalue weighted by molar-refractivity contribution is 0.0989. The van der Waals surface area contributed by atoms with Crippen LogP contribution < -0.4 is 10.6 Å². The van der Waals surface area contributed by atoms with Crippen LogP contribution in [-0.4, -0.2) is 17.4 Å². The average Bonchev–Trinajstić information content (AvgIpc) is 2.40. The molecule has 1 heterocycles. The van der Waals surface area contributed by atoms with Gasteiger partial charge in [0.05, 0.1) is 17.4 Å². The molecule has 2 aromatic rings. The number of carbonyl (C=O) groups is 1. The van der Waals surface area contributed by atoms with Crippen LogP contribution in [-0.2, 0) is 0 Å². The fraction of sp³-hybridized carbons (Fsp3) is 0.143. The second-order valence-corrected chi connectivity index (χ2v) is 3.99. The lowest BCUT2D eigenvalue weighted by Crippen LogP contribution is -2.31. The molecule has 1 aromatic carbocycles. The number of halogens is 1. The number of nitrogen functional groups attached to an aromatic ring is 1. The van der Waals surface area contributed by atoms with E-state index < -0.39 is 0 Å². The minimum atomic E-state index is -0.383. The summed E-state index contributed by atoms with van der Waals surface area (Å²) in [6.45, 7) is 2.24. The number of rotatable bonds is 3. The molecule has 0 aliphatic rings. The van der Waals surface area contributed by atoms with Gasteiger partial charge in [0.25, 0.3) is 5.91 Å². The van der Waals surface area contributed by atoms with E-state index in [0.717, 1.165) is 0 Å². The van der Waals surface area contributed by atoms with Gasteiger partial charge >= 0.3 is 0 Å². The SMILES string of the molecule is CCN(C(=O)c1ccncc1N)c1cccc(F)c1. The number of carbonyl (C=O) groups excluding carboxylic acids is 1. The summed E-state index contributed by atoms with van der Waals surface area (Å²) in [5.41, 5.74) is 6.91. The monoisotopic (exact) mass is 259 g/mol. The van der Waals surface area contributed by atoms with Crippen molar-refractivity contribution in [2.75, 3.05) is 17.2 Å². The number of nitrogens with zero attached hydrogens (tertiary/aromatic N) is 2. The zero-order valence-electron chi connectivity index (χ0n) is 10.5. The van der Waals surface area contributed by atoms with Gasteiger partial charge in [-0.15, -0.1) is 0 Å². The van der Waals surface area contributed by atoms with E-state index in [9.17, 15) is 9.18 Å². The summed E-state index contributed by atoms with van der Waals surface area (Å²) < 4.78 is 13.2. The van der Waals surface area contributed by atoms with Crippen molar-refractivity contribution in [2.24, 2.45) is 0 Å². The summed E-state index contributed by atoms with van der Waals surface area (Å²) in [6, 6.07) is 7.46. The third-order valence-electron chi connectivity index (χ3n) is 2.76. The minimum absolute atomic E-state index is 0.270. The molecule has 0 fully saturated rings. The molecule has 0 bridgehead atoms. The topological polar surface area (TPSA) is 59.2 Å². The molecule has 2 rings (SSSR count). The van der Waals surface area contributed by atoms with Crippen LogP contribution in [0.2, 0.25) is 0 Å². The van der Waals surface area contributed by atoms with Crippen molar-refractivity contribution in [3.8, 4) is 0 Å². The first-order valence-corrected chi connectivity index (χ1v) is 5.90. The van der Waals surface area contributed by atoms with E-state index in [1.807, 2.05) is 6.92 Å². The number of anilines is 2. The van der Waals surface area contributed by atoms with Gasteiger partial charge in [0.15, 0.2) is 0 Å². The predicted molar refractivity (Wildman–Crippen MR) is 72.4 cm³/mol. The quantitative estimate of drug-likeness (QED) is 0.921. The summed E-state index contributed by atoms with van der Waals surface area (Å²) in [4.78, 5) is 17.7. The van der Waals surface area contributed by atoms with Gasteiger partial charge < -0.3 is 10.6 Å². The standard InChI is InChI=1S/C14H14FN3O/c1-2-18(11-5-3-4-10(15)8-11)14(19)12-6-7-17-9-13(12)16/h3-9H,2,16H2,1H3. The van der Waals surface area contributed by atoms with Crippen LogP contribution in [0, 0.1) is 5.82 Å². The van der Waals surface area contributed by atoms with Gasteiger partial charge in [0, 0.05) is 18.4 Å². The van der Waals surface area contributed by atoms with Gasteiger partial charge in [-0.05, 0) is 31.2 Å². The predicted octanol–water partition coefficient (Wildman–Crippen LogP) is 2.47. The molecule has 0 saturated heterocycles. The molecule has 0 aliphatic carbocycles. The van der Waals surface area contributed by atoms with Crippen molar-refractivity contribution < 1.29 is 9.18 Å². The van der Waals surface area contributed by atoms with E-state index in [1.165, 1.54) is 29.4 Å². The van der Waals surface area contributed by atoms with Gasteiger partial charge in [-0.1, -0.05) is 6.07 Å². The molecule has 0 radical (unpaired) electrons. The molecular formula is C14H14FN3O.